The van der Waals surface area contributed by atoms with Crippen molar-refractivity contribution < 1.29 is 9.84 Å². The highest BCUT2D eigenvalue weighted by Gasteiger charge is 2.23. The van der Waals surface area contributed by atoms with Gasteiger partial charge in [-0.05, 0) is 47.6 Å². The first-order chi connectivity index (χ1) is 9.67. The number of nitrogens with zero attached hydrogens (tertiary/aromatic N) is 3. The van der Waals surface area contributed by atoms with Crippen LogP contribution in [0.25, 0.3) is 0 Å². The van der Waals surface area contributed by atoms with Crippen molar-refractivity contribution in [2.45, 2.75) is 59.4 Å². The summed E-state index contributed by atoms with van der Waals surface area (Å²) in [7, 11) is 0. The number of hydrogen-bond acceptors (Lipinski definition) is 7. The molecule has 0 amide bonds. The zero-order chi connectivity index (χ0) is 16.0. The van der Waals surface area contributed by atoms with Crippen molar-refractivity contribution in [3.8, 4) is 5.88 Å². The highest BCUT2D eigenvalue weighted by Crippen LogP contribution is 2.13. The largest absolute Gasteiger partial charge is 0.455 e. The Kier molecular flexibility index (Phi) is 11.1. The van der Waals surface area contributed by atoms with Gasteiger partial charge in [-0.2, -0.15) is 5.10 Å². The fourth-order valence-electron chi connectivity index (χ4n) is 1.42. The Morgan fingerprint density at radius 2 is 1.83 bits per heavy atom. The van der Waals surface area contributed by atoms with Crippen molar-refractivity contribution in [1.82, 2.24) is 15.5 Å². The van der Waals surface area contributed by atoms with Crippen LogP contribution in [-0.2, 0) is 0 Å². The predicted octanol–water partition coefficient (Wildman–Crippen LogP) is 2.60. The molecular weight excluding hydrogens is 341 g/mol. The second kappa shape index (κ2) is 10.6. The van der Waals surface area contributed by atoms with Gasteiger partial charge in [-0.25, -0.2) is 0 Å². The third-order valence-corrected chi connectivity index (χ3v) is 2.30. The van der Waals surface area contributed by atoms with Crippen molar-refractivity contribution in [1.29, 1.82) is 0 Å². The van der Waals surface area contributed by atoms with Crippen LogP contribution in [0.1, 0.15) is 41.5 Å². The van der Waals surface area contributed by atoms with Crippen molar-refractivity contribution in [2.24, 2.45) is 5.10 Å². The number of anilines is 1. The molecule has 0 aliphatic carbocycles. The maximum absolute atomic E-state index is 9.77. The summed E-state index contributed by atoms with van der Waals surface area (Å²) in [5, 5.41) is 24.9. The maximum Gasteiger partial charge on any atom is 0.235 e. The molecule has 1 heterocycles. The van der Waals surface area contributed by atoms with Crippen molar-refractivity contribution >= 4 is 36.3 Å². The highest BCUT2D eigenvalue weighted by atomic mass is 35.5. The Hall–Kier alpha value is -1.15. The number of ether oxygens (including phenoxy) is 1. The van der Waals surface area contributed by atoms with E-state index in [0.717, 1.165) is 5.71 Å². The van der Waals surface area contributed by atoms with E-state index in [-0.39, 0.29) is 30.4 Å². The number of halogens is 2. The summed E-state index contributed by atoms with van der Waals surface area (Å²) in [5.41, 5.74) is 3.48. The van der Waals surface area contributed by atoms with E-state index >= 15 is 0 Å². The molecule has 9 heteroatoms. The molecule has 7 nitrogen and oxygen atoms in total. The molecule has 0 saturated carbocycles. The van der Waals surface area contributed by atoms with E-state index in [1.165, 1.54) is 0 Å². The molecule has 0 aromatic carbocycles. The highest BCUT2D eigenvalue weighted by molar-refractivity contribution is 5.85. The zero-order valence-electron chi connectivity index (χ0n) is 14.3. The molecule has 0 bridgehead atoms. The van der Waals surface area contributed by atoms with Crippen LogP contribution >= 0.6 is 24.8 Å². The first kappa shape index (κ1) is 24.1. The Labute approximate surface area is 150 Å². The number of nitrogens with one attached hydrogen (secondary N) is 2. The predicted molar refractivity (Wildman–Crippen MR) is 97.9 cm³/mol. The lowest BCUT2D eigenvalue weighted by Gasteiger charge is -2.30. The number of hydrazone groups is 1. The SMILES string of the molecule is CC(C)=NNc1ccc(OC(NC(C)(C)C)C(C)O)nn1.Cl.Cl. The van der Waals surface area contributed by atoms with Gasteiger partial charge in [0.15, 0.2) is 12.0 Å². The monoisotopic (exact) mass is 367 g/mol. The fourth-order valence-corrected chi connectivity index (χ4v) is 1.42. The second-order valence-electron chi connectivity index (χ2n) is 6.10. The second-order valence-corrected chi connectivity index (χ2v) is 6.10. The van der Waals surface area contributed by atoms with Crippen LogP contribution in [0, 0.1) is 0 Å². The molecule has 0 spiro atoms. The molecule has 1 rings (SSSR count). The number of aliphatic hydroxyl groups is 1. The van der Waals surface area contributed by atoms with E-state index in [2.05, 4.69) is 26.0 Å². The minimum absolute atomic E-state index is 0. The van der Waals surface area contributed by atoms with Gasteiger partial charge in [0.1, 0.15) is 6.10 Å². The van der Waals surface area contributed by atoms with E-state index in [4.69, 9.17) is 4.74 Å². The molecule has 3 N–H and O–H groups in total. The van der Waals surface area contributed by atoms with E-state index in [1.807, 2.05) is 34.6 Å². The third-order valence-electron chi connectivity index (χ3n) is 2.30. The topological polar surface area (TPSA) is 91.7 Å². The average molecular weight is 368 g/mol. The molecule has 0 aliphatic heterocycles. The van der Waals surface area contributed by atoms with Crippen LogP contribution in [0.3, 0.4) is 0 Å². The van der Waals surface area contributed by atoms with Crippen molar-refractivity contribution in [2.75, 3.05) is 5.43 Å². The lowest BCUT2D eigenvalue weighted by molar-refractivity contribution is 0.00808. The Bertz CT molecular complexity index is 471. The summed E-state index contributed by atoms with van der Waals surface area (Å²) in [6.07, 6.45) is -1.25. The normalized spacial score (nSPS) is 13.0. The lowest BCUT2D eigenvalue weighted by atomic mass is 10.1. The van der Waals surface area contributed by atoms with Gasteiger partial charge in [0.2, 0.25) is 5.88 Å². The Morgan fingerprint density at radius 3 is 2.22 bits per heavy atom. The van der Waals surface area contributed by atoms with Gasteiger partial charge in [-0.3, -0.25) is 10.7 Å². The van der Waals surface area contributed by atoms with Gasteiger partial charge in [-0.15, -0.1) is 35.0 Å². The van der Waals surface area contributed by atoms with Crippen molar-refractivity contribution in [3.63, 3.8) is 0 Å². The van der Waals surface area contributed by atoms with Gasteiger partial charge in [0.05, 0.1) is 0 Å². The molecule has 134 valence electrons. The van der Waals surface area contributed by atoms with Gasteiger partial charge in [0.25, 0.3) is 0 Å². The lowest BCUT2D eigenvalue weighted by Crippen LogP contribution is -2.51. The van der Waals surface area contributed by atoms with E-state index in [0.29, 0.717) is 11.7 Å². The van der Waals surface area contributed by atoms with Gasteiger partial charge < -0.3 is 9.84 Å². The van der Waals surface area contributed by atoms with E-state index in [9.17, 15) is 5.11 Å². The zero-order valence-corrected chi connectivity index (χ0v) is 16.0. The van der Waals surface area contributed by atoms with Crippen LogP contribution in [-0.4, -0.2) is 38.9 Å². The van der Waals surface area contributed by atoms with Gasteiger partial charge in [0, 0.05) is 17.3 Å². The minimum atomic E-state index is -0.684. The Morgan fingerprint density at radius 1 is 1.22 bits per heavy atom. The molecular formula is C14H27Cl2N5O2. The molecule has 0 radical (unpaired) electrons. The molecule has 23 heavy (non-hydrogen) atoms. The molecule has 0 fully saturated rings. The fraction of sp³-hybridized carbons (Fsp3) is 0.643. The smallest absolute Gasteiger partial charge is 0.235 e. The first-order valence-electron chi connectivity index (χ1n) is 6.90. The van der Waals surface area contributed by atoms with Crippen LogP contribution in [0.2, 0.25) is 0 Å². The van der Waals surface area contributed by atoms with Gasteiger partial charge >= 0.3 is 0 Å². The molecule has 0 aliphatic rings. The summed E-state index contributed by atoms with van der Waals surface area (Å²) in [6.45, 7) is 11.4. The number of rotatable bonds is 6. The summed E-state index contributed by atoms with van der Waals surface area (Å²) >= 11 is 0. The van der Waals surface area contributed by atoms with Crippen molar-refractivity contribution in [3.05, 3.63) is 12.1 Å². The van der Waals surface area contributed by atoms with Gasteiger partial charge in [-0.1, -0.05) is 0 Å². The maximum atomic E-state index is 9.77. The first-order valence-corrected chi connectivity index (χ1v) is 6.90. The number of aromatic nitrogens is 2. The summed E-state index contributed by atoms with van der Waals surface area (Å²) in [6, 6.07) is 3.39. The van der Waals surface area contributed by atoms with Crippen LogP contribution in [0.5, 0.6) is 5.88 Å². The third kappa shape index (κ3) is 10.3. The molecule has 1 aromatic heterocycles. The number of aliphatic hydroxyl groups excluding tert-OH is 1. The average Bonchev–Trinajstić information content (AvgIpc) is 2.35. The molecule has 2 atom stereocenters. The summed E-state index contributed by atoms with van der Waals surface area (Å²) in [4.78, 5) is 0. The van der Waals surface area contributed by atoms with Crippen LogP contribution in [0.15, 0.2) is 17.2 Å². The molecule has 0 saturated heterocycles. The molecule has 1 aromatic rings. The van der Waals surface area contributed by atoms with E-state index < -0.39 is 12.3 Å². The summed E-state index contributed by atoms with van der Waals surface area (Å²) in [5.74, 6) is 0.862. The van der Waals surface area contributed by atoms with E-state index in [1.54, 1.807) is 19.1 Å². The summed E-state index contributed by atoms with van der Waals surface area (Å²) < 4.78 is 5.63. The van der Waals surface area contributed by atoms with Crippen LogP contribution < -0.4 is 15.5 Å². The quantitative estimate of drug-likeness (QED) is 0.406. The Balaban J connectivity index is 0. The minimum Gasteiger partial charge on any atom is -0.455 e. The standard InChI is InChI=1S/C14H25N5O2.2ClH/c1-9(2)16-17-11-7-8-12(19-18-11)21-13(10(3)20)15-14(4,5)6;;/h7-8,10,13,15,20H,1-6H3,(H,17,18);2*1H. The molecule has 2 unspecified atom stereocenters. The van der Waals surface area contributed by atoms with Crippen LogP contribution in [0.4, 0.5) is 5.82 Å². The number of hydrogen-bond donors (Lipinski definition) is 3.